The molecule has 3 nitrogen and oxygen atoms in total. The number of thiophene rings is 1. The molecule has 0 aliphatic rings. The second-order valence-electron chi connectivity index (χ2n) is 3.85. The lowest BCUT2D eigenvalue weighted by atomic mass is 10.0. The Balaban J connectivity index is 2.22. The van der Waals surface area contributed by atoms with Crippen molar-refractivity contribution in [1.82, 2.24) is 10.3 Å². The van der Waals surface area contributed by atoms with E-state index in [1.54, 1.807) is 24.6 Å². The monoisotopic (exact) mass is 282 g/mol. The molecule has 0 saturated carbocycles. The number of nitrogens with one attached hydrogen (secondary N) is 1. The van der Waals surface area contributed by atoms with Crippen LogP contribution in [0.4, 0.5) is 0 Å². The Morgan fingerprint density at radius 1 is 1.44 bits per heavy atom. The van der Waals surface area contributed by atoms with E-state index in [4.69, 9.17) is 16.3 Å². The van der Waals surface area contributed by atoms with Crippen molar-refractivity contribution in [3.8, 4) is 5.88 Å². The van der Waals surface area contributed by atoms with Gasteiger partial charge in [0.05, 0.1) is 11.4 Å². The van der Waals surface area contributed by atoms with Crippen LogP contribution in [-0.2, 0) is 6.42 Å². The van der Waals surface area contributed by atoms with Crippen LogP contribution < -0.4 is 10.1 Å². The molecule has 5 heteroatoms. The Hall–Kier alpha value is -1.10. The van der Waals surface area contributed by atoms with Gasteiger partial charge in [-0.3, -0.25) is 0 Å². The van der Waals surface area contributed by atoms with Crippen molar-refractivity contribution in [2.75, 3.05) is 14.2 Å². The lowest BCUT2D eigenvalue weighted by Gasteiger charge is -2.17. The number of hydrogen-bond acceptors (Lipinski definition) is 4. The summed E-state index contributed by atoms with van der Waals surface area (Å²) in [6, 6.07) is 8.10. The van der Waals surface area contributed by atoms with Gasteiger partial charge in [0.1, 0.15) is 0 Å². The molecule has 0 saturated heterocycles. The Morgan fingerprint density at radius 3 is 2.89 bits per heavy atom. The maximum absolute atomic E-state index is 5.95. The molecule has 0 spiro atoms. The quantitative estimate of drug-likeness (QED) is 0.914. The summed E-state index contributed by atoms with van der Waals surface area (Å²) in [6.07, 6.45) is 2.60. The van der Waals surface area contributed by atoms with Crippen LogP contribution in [0, 0.1) is 0 Å². The Morgan fingerprint density at radius 2 is 2.28 bits per heavy atom. The molecule has 0 bridgehead atoms. The fraction of sp³-hybridized carbons (Fsp3) is 0.308. The predicted octanol–water partition coefficient (Wildman–Crippen LogP) is 3.31. The number of methoxy groups -OCH3 is 1. The molecule has 2 aromatic heterocycles. The number of pyridine rings is 1. The molecular weight excluding hydrogens is 268 g/mol. The predicted molar refractivity (Wildman–Crippen MR) is 75.6 cm³/mol. The minimum absolute atomic E-state index is 0.170. The highest BCUT2D eigenvalue weighted by Gasteiger charge is 2.16. The average molecular weight is 283 g/mol. The number of hydrogen-bond donors (Lipinski definition) is 1. The molecule has 0 aliphatic heterocycles. The first-order valence-corrected chi connectivity index (χ1v) is 6.84. The lowest BCUT2D eigenvalue weighted by molar-refractivity contribution is 0.384. The van der Waals surface area contributed by atoms with Crippen LogP contribution in [0.15, 0.2) is 30.5 Å². The molecule has 0 radical (unpaired) electrons. The highest BCUT2D eigenvalue weighted by molar-refractivity contribution is 7.16. The van der Waals surface area contributed by atoms with Gasteiger partial charge < -0.3 is 10.1 Å². The van der Waals surface area contributed by atoms with E-state index in [1.165, 1.54) is 4.88 Å². The molecule has 0 amide bonds. The zero-order valence-corrected chi connectivity index (χ0v) is 11.9. The van der Waals surface area contributed by atoms with E-state index < -0.39 is 0 Å². The van der Waals surface area contributed by atoms with Crippen molar-refractivity contribution >= 4 is 22.9 Å². The third kappa shape index (κ3) is 3.02. The van der Waals surface area contributed by atoms with Crippen molar-refractivity contribution < 1.29 is 4.74 Å². The molecular formula is C13H15ClN2OS. The van der Waals surface area contributed by atoms with Crippen LogP contribution in [0.1, 0.15) is 16.5 Å². The number of aromatic nitrogens is 1. The van der Waals surface area contributed by atoms with Crippen molar-refractivity contribution in [2.45, 2.75) is 12.5 Å². The van der Waals surface area contributed by atoms with Crippen molar-refractivity contribution in [1.29, 1.82) is 0 Å². The zero-order chi connectivity index (χ0) is 13.0. The zero-order valence-electron chi connectivity index (χ0n) is 10.3. The molecule has 1 unspecified atom stereocenters. The summed E-state index contributed by atoms with van der Waals surface area (Å²) in [7, 11) is 3.58. The van der Waals surface area contributed by atoms with Crippen LogP contribution in [0.2, 0.25) is 4.34 Å². The van der Waals surface area contributed by atoms with Crippen LogP contribution in [0.25, 0.3) is 0 Å². The summed E-state index contributed by atoms with van der Waals surface area (Å²) in [5.41, 5.74) is 1.06. The smallest absolute Gasteiger partial charge is 0.217 e. The van der Waals surface area contributed by atoms with Crippen LogP contribution in [0.5, 0.6) is 5.88 Å². The summed E-state index contributed by atoms with van der Waals surface area (Å²) in [5, 5.41) is 3.29. The summed E-state index contributed by atoms with van der Waals surface area (Å²) in [4.78, 5) is 5.47. The molecule has 2 rings (SSSR count). The minimum atomic E-state index is 0.170. The van der Waals surface area contributed by atoms with Gasteiger partial charge >= 0.3 is 0 Å². The SMILES string of the molecule is CNC(Cc1ccc(Cl)s1)c1cccnc1OC. The van der Waals surface area contributed by atoms with E-state index in [1.807, 2.05) is 25.2 Å². The topological polar surface area (TPSA) is 34.2 Å². The fourth-order valence-electron chi connectivity index (χ4n) is 1.87. The van der Waals surface area contributed by atoms with Crippen LogP contribution in [-0.4, -0.2) is 19.1 Å². The summed E-state index contributed by atoms with van der Waals surface area (Å²) >= 11 is 7.56. The third-order valence-corrected chi connectivity index (χ3v) is 4.01. The number of halogens is 1. The normalized spacial score (nSPS) is 12.4. The largest absolute Gasteiger partial charge is 0.481 e. The van der Waals surface area contributed by atoms with Gasteiger partial charge in [-0.15, -0.1) is 11.3 Å². The highest BCUT2D eigenvalue weighted by Crippen LogP contribution is 2.29. The van der Waals surface area contributed by atoms with E-state index in [9.17, 15) is 0 Å². The van der Waals surface area contributed by atoms with E-state index in [2.05, 4.69) is 16.4 Å². The standard InChI is InChI=1S/C13H15ClN2OS/c1-15-11(8-9-5-6-12(14)18-9)10-4-3-7-16-13(10)17-2/h3-7,11,15H,8H2,1-2H3. The number of nitrogens with zero attached hydrogens (tertiary/aromatic N) is 1. The summed E-state index contributed by atoms with van der Waals surface area (Å²) in [5.74, 6) is 0.666. The van der Waals surface area contributed by atoms with Gasteiger partial charge in [0, 0.05) is 29.1 Å². The van der Waals surface area contributed by atoms with Gasteiger partial charge in [0.15, 0.2) is 0 Å². The minimum Gasteiger partial charge on any atom is -0.481 e. The number of rotatable bonds is 5. The Bertz CT molecular complexity index is 515. The second kappa shape index (κ2) is 6.18. The molecule has 18 heavy (non-hydrogen) atoms. The molecule has 0 aliphatic carbocycles. The van der Waals surface area contributed by atoms with E-state index in [0.29, 0.717) is 5.88 Å². The molecule has 0 aromatic carbocycles. The van der Waals surface area contributed by atoms with Gasteiger partial charge in [0.2, 0.25) is 5.88 Å². The molecule has 96 valence electrons. The molecule has 1 atom stereocenters. The average Bonchev–Trinajstić information content (AvgIpc) is 2.81. The van der Waals surface area contributed by atoms with E-state index in [0.717, 1.165) is 16.3 Å². The highest BCUT2D eigenvalue weighted by atomic mass is 35.5. The van der Waals surface area contributed by atoms with Crippen molar-refractivity contribution in [3.05, 3.63) is 45.2 Å². The molecule has 0 fully saturated rings. The van der Waals surface area contributed by atoms with Gasteiger partial charge in [-0.2, -0.15) is 0 Å². The summed E-state index contributed by atoms with van der Waals surface area (Å²) < 4.78 is 6.11. The number of ether oxygens (including phenoxy) is 1. The van der Waals surface area contributed by atoms with Crippen LogP contribution in [0.3, 0.4) is 0 Å². The maximum Gasteiger partial charge on any atom is 0.217 e. The maximum atomic E-state index is 5.95. The number of likely N-dealkylation sites (N-methyl/N-ethyl adjacent to an activating group) is 1. The van der Waals surface area contributed by atoms with Gasteiger partial charge in [-0.1, -0.05) is 17.7 Å². The van der Waals surface area contributed by atoms with Gasteiger partial charge in [-0.25, -0.2) is 4.98 Å². The summed E-state index contributed by atoms with van der Waals surface area (Å²) in [6.45, 7) is 0. The van der Waals surface area contributed by atoms with Gasteiger partial charge in [-0.05, 0) is 25.2 Å². The van der Waals surface area contributed by atoms with Crippen LogP contribution >= 0.6 is 22.9 Å². The lowest BCUT2D eigenvalue weighted by Crippen LogP contribution is -2.19. The third-order valence-electron chi connectivity index (χ3n) is 2.75. The first-order chi connectivity index (χ1) is 8.74. The van der Waals surface area contributed by atoms with Crippen molar-refractivity contribution in [3.63, 3.8) is 0 Å². The van der Waals surface area contributed by atoms with Crippen molar-refractivity contribution in [2.24, 2.45) is 0 Å². The first-order valence-electron chi connectivity index (χ1n) is 5.65. The van der Waals surface area contributed by atoms with E-state index in [-0.39, 0.29) is 6.04 Å². The Kier molecular flexibility index (Phi) is 4.58. The molecule has 1 N–H and O–H groups in total. The first kappa shape index (κ1) is 13.3. The fourth-order valence-corrected chi connectivity index (χ4v) is 3.00. The van der Waals surface area contributed by atoms with E-state index >= 15 is 0 Å². The van der Waals surface area contributed by atoms with Gasteiger partial charge in [0.25, 0.3) is 0 Å². The molecule has 2 heterocycles. The second-order valence-corrected chi connectivity index (χ2v) is 5.65. The Labute approximate surface area is 116 Å². The molecule has 2 aromatic rings.